The van der Waals surface area contributed by atoms with Crippen molar-refractivity contribution >= 4 is 5.91 Å². The number of nitrogens with zero attached hydrogens (tertiary/aromatic N) is 3. The lowest BCUT2D eigenvalue weighted by molar-refractivity contribution is -0.128. The highest BCUT2D eigenvalue weighted by molar-refractivity contribution is 5.75. The van der Waals surface area contributed by atoms with Crippen LogP contribution < -0.4 is 4.74 Å². The van der Waals surface area contributed by atoms with E-state index < -0.39 is 0 Å². The second kappa shape index (κ2) is 9.31. The van der Waals surface area contributed by atoms with Crippen LogP contribution in [0.15, 0.2) is 48.7 Å². The zero-order valence-electron chi connectivity index (χ0n) is 17.9. The van der Waals surface area contributed by atoms with E-state index in [1.165, 1.54) is 12.1 Å². The van der Waals surface area contributed by atoms with Crippen LogP contribution in [0, 0.1) is 5.82 Å². The fourth-order valence-corrected chi connectivity index (χ4v) is 3.81. The molecule has 0 bridgehead atoms. The van der Waals surface area contributed by atoms with Crippen molar-refractivity contribution in [3.63, 3.8) is 0 Å². The van der Waals surface area contributed by atoms with E-state index in [-0.39, 0.29) is 11.7 Å². The molecule has 4 rings (SSSR count). The molecule has 0 spiro atoms. The highest BCUT2D eigenvalue weighted by Crippen LogP contribution is 2.28. The summed E-state index contributed by atoms with van der Waals surface area (Å²) < 4.78 is 19.3. The standard InChI is InChI=1S/C24H27FN4O2/c1-28(2)23(30)10-4-17-3-9-22-19(13-17)15-29(11-12-31-22)16-20-14-26-27-24(20)18-5-7-21(25)8-6-18/h3,5-9,13-14H,4,10-12,15-16H2,1-2H3,(H,26,27). The van der Waals surface area contributed by atoms with Gasteiger partial charge in [0, 0.05) is 56.8 Å². The Morgan fingerprint density at radius 1 is 1.23 bits per heavy atom. The number of H-pyrrole nitrogens is 1. The number of carbonyl (C=O) groups excluding carboxylic acids is 1. The molecular weight excluding hydrogens is 395 g/mol. The van der Waals surface area contributed by atoms with Crippen LogP contribution >= 0.6 is 0 Å². The number of nitrogens with one attached hydrogen (secondary N) is 1. The summed E-state index contributed by atoms with van der Waals surface area (Å²) in [5, 5.41) is 7.26. The fourth-order valence-electron chi connectivity index (χ4n) is 3.81. The predicted octanol–water partition coefficient (Wildman–Crippen LogP) is 3.63. The normalized spacial score (nSPS) is 13.9. The van der Waals surface area contributed by atoms with Gasteiger partial charge < -0.3 is 9.64 Å². The maximum Gasteiger partial charge on any atom is 0.222 e. The van der Waals surface area contributed by atoms with Gasteiger partial charge in [-0.2, -0.15) is 5.10 Å². The largest absolute Gasteiger partial charge is 0.492 e. The molecular formula is C24H27FN4O2. The van der Waals surface area contributed by atoms with Crippen LogP contribution in [0.5, 0.6) is 5.75 Å². The third kappa shape index (κ3) is 5.11. The van der Waals surface area contributed by atoms with E-state index in [1.54, 1.807) is 31.1 Å². The Morgan fingerprint density at radius 3 is 2.81 bits per heavy atom. The first-order valence-corrected chi connectivity index (χ1v) is 10.4. The van der Waals surface area contributed by atoms with Gasteiger partial charge in [0.15, 0.2) is 0 Å². The Hall–Kier alpha value is -3.19. The minimum absolute atomic E-state index is 0.126. The van der Waals surface area contributed by atoms with E-state index in [0.717, 1.165) is 46.8 Å². The number of aromatic nitrogens is 2. The van der Waals surface area contributed by atoms with Crippen molar-refractivity contribution in [1.29, 1.82) is 0 Å². The van der Waals surface area contributed by atoms with Crippen molar-refractivity contribution in [1.82, 2.24) is 20.0 Å². The molecule has 3 aromatic rings. The molecule has 31 heavy (non-hydrogen) atoms. The molecule has 1 amide bonds. The molecule has 0 radical (unpaired) electrons. The average molecular weight is 423 g/mol. The molecule has 1 N–H and O–H groups in total. The van der Waals surface area contributed by atoms with E-state index in [2.05, 4.69) is 21.2 Å². The third-order valence-corrected chi connectivity index (χ3v) is 5.55. The predicted molar refractivity (Wildman–Crippen MR) is 117 cm³/mol. The molecule has 1 aliphatic rings. The summed E-state index contributed by atoms with van der Waals surface area (Å²) in [4.78, 5) is 15.9. The van der Waals surface area contributed by atoms with Gasteiger partial charge in [0.1, 0.15) is 18.2 Å². The number of aryl methyl sites for hydroxylation is 1. The lowest BCUT2D eigenvalue weighted by Crippen LogP contribution is -2.25. The van der Waals surface area contributed by atoms with Crippen molar-refractivity contribution in [3.8, 4) is 17.0 Å². The third-order valence-electron chi connectivity index (χ3n) is 5.55. The van der Waals surface area contributed by atoms with Crippen LogP contribution in [-0.2, 0) is 24.3 Å². The van der Waals surface area contributed by atoms with Crippen LogP contribution in [0.2, 0.25) is 0 Å². The Kier molecular flexibility index (Phi) is 6.32. The lowest BCUT2D eigenvalue weighted by Gasteiger charge is -2.19. The average Bonchev–Trinajstić information content (AvgIpc) is 3.11. The second-order valence-electron chi connectivity index (χ2n) is 8.07. The van der Waals surface area contributed by atoms with Gasteiger partial charge in [-0.25, -0.2) is 4.39 Å². The number of benzene rings is 2. The summed E-state index contributed by atoms with van der Waals surface area (Å²) in [6.07, 6.45) is 3.03. The van der Waals surface area contributed by atoms with Gasteiger partial charge >= 0.3 is 0 Å². The summed E-state index contributed by atoms with van der Waals surface area (Å²) in [5.41, 5.74) is 5.13. The van der Waals surface area contributed by atoms with E-state index >= 15 is 0 Å². The Balaban J connectivity index is 1.48. The lowest BCUT2D eigenvalue weighted by atomic mass is 10.0. The number of rotatable bonds is 6. The van der Waals surface area contributed by atoms with Gasteiger partial charge in [-0.15, -0.1) is 0 Å². The summed E-state index contributed by atoms with van der Waals surface area (Å²) in [5.74, 6) is 0.770. The first kappa shape index (κ1) is 21.1. The Morgan fingerprint density at radius 2 is 2.03 bits per heavy atom. The van der Waals surface area contributed by atoms with Crippen molar-refractivity contribution in [2.75, 3.05) is 27.2 Å². The zero-order chi connectivity index (χ0) is 21.8. The molecule has 6 nitrogen and oxygen atoms in total. The number of carbonyl (C=O) groups is 1. The van der Waals surface area contributed by atoms with Crippen molar-refractivity contribution in [3.05, 3.63) is 71.2 Å². The van der Waals surface area contributed by atoms with Crippen LogP contribution in [-0.4, -0.2) is 53.2 Å². The van der Waals surface area contributed by atoms with Crippen LogP contribution in [0.1, 0.15) is 23.1 Å². The molecule has 0 saturated heterocycles. The summed E-state index contributed by atoms with van der Waals surface area (Å²) >= 11 is 0. The van der Waals surface area contributed by atoms with Crippen LogP contribution in [0.25, 0.3) is 11.3 Å². The quantitative estimate of drug-likeness (QED) is 0.659. The minimum atomic E-state index is -0.255. The molecule has 2 heterocycles. The number of ether oxygens (including phenoxy) is 1. The first-order chi connectivity index (χ1) is 15.0. The molecule has 0 fully saturated rings. The number of hydrogen-bond donors (Lipinski definition) is 1. The highest BCUT2D eigenvalue weighted by atomic mass is 19.1. The summed E-state index contributed by atoms with van der Waals surface area (Å²) in [6.45, 7) is 2.85. The molecule has 162 valence electrons. The molecule has 0 unspecified atom stereocenters. The maximum absolute atomic E-state index is 13.3. The number of hydrogen-bond acceptors (Lipinski definition) is 4. The monoisotopic (exact) mass is 422 g/mol. The van der Waals surface area contributed by atoms with E-state index in [1.807, 2.05) is 18.3 Å². The topological polar surface area (TPSA) is 61.5 Å². The minimum Gasteiger partial charge on any atom is -0.492 e. The summed E-state index contributed by atoms with van der Waals surface area (Å²) in [6, 6.07) is 12.6. The van der Waals surface area contributed by atoms with Crippen molar-refractivity contribution in [2.45, 2.75) is 25.9 Å². The number of fused-ring (bicyclic) bond motifs is 1. The van der Waals surface area contributed by atoms with Gasteiger partial charge in [-0.3, -0.25) is 14.8 Å². The van der Waals surface area contributed by atoms with E-state index in [0.29, 0.717) is 26.0 Å². The molecule has 2 aromatic carbocycles. The van der Waals surface area contributed by atoms with E-state index in [9.17, 15) is 9.18 Å². The maximum atomic E-state index is 13.3. The van der Waals surface area contributed by atoms with Crippen molar-refractivity contribution in [2.24, 2.45) is 0 Å². The summed E-state index contributed by atoms with van der Waals surface area (Å²) in [7, 11) is 3.56. The number of aromatic amines is 1. The molecule has 0 aliphatic carbocycles. The second-order valence-corrected chi connectivity index (χ2v) is 8.07. The van der Waals surface area contributed by atoms with Crippen LogP contribution in [0.4, 0.5) is 4.39 Å². The molecule has 7 heteroatoms. The Labute approximate surface area is 181 Å². The van der Waals surface area contributed by atoms with Gasteiger partial charge in [0.25, 0.3) is 0 Å². The van der Waals surface area contributed by atoms with Gasteiger partial charge in [-0.1, -0.05) is 12.1 Å². The van der Waals surface area contributed by atoms with Gasteiger partial charge in [0.2, 0.25) is 5.91 Å². The smallest absolute Gasteiger partial charge is 0.222 e. The number of amides is 1. The molecule has 0 atom stereocenters. The zero-order valence-corrected chi connectivity index (χ0v) is 17.9. The SMILES string of the molecule is CN(C)C(=O)CCc1ccc2c(c1)CN(Cc1cn[nH]c1-c1ccc(F)cc1)CCO2. The molecule has 0 saturated carbocycles. The highest BCUT2D eigenvalue weighted by Gasteiger charge is 2.19. The number of halogens is 1. The molecule has 1 aromatic heterocycles. The fraction of sp³-hybridized carbons (Fsp3) is 0.333. The van der Waals surface area contributed by atoms with Crippen LogP contribution in [0.3, 0.4) is 0 Å². The van der Waals surface area contributed by atoms with Crippen molar-refractivity contribution < 1.29 is 13.9 Å². The first-order valence-electron chi connectivity index (χ1n) is 10.4. The Bertz CT molecular complexity index is 1050. The van der Waals surface area contributed by atoms with E-state index in [4.69, 9.17) is 4.74 Å². The van der Waals surface area contributed by atoms with Gasteiger partial charge in [0.05, 0.1) is 11.9 Å². The molecule has 1 aliphatic heterocycles. The van der Waals surface area contributed by atoms with Gasteiger partial charge in [-0.05, 0) is 42.3 Å².